The van der Waals surface area contributed by atoms with Gasteiger partial charge >= 0.3 is 11.7 Å². The first-order chi connectivity index (χ1) is 13.3. The monoisotopic (exact) mass is 406 g/mol. The van der Waals surface area contributed by atoms with E-state index in [0.29, 0.717) is 18.0 Å². The second-order valence-corrected chi connectivity index (χ2v) is 7.41. The van der Waals surface area contributed by atoms with Crippen LogP contribution in [-0.2, 0) is 26.1 Å². The number of carbonyl (C=O) groups excluding carboxylic acids is 1. The highest BCUT2D eigenvalue weighted by Crippen LogP contribution is 2.22. The summed E-state index contributed by atoms with van der Waals surface area (Å²) in [5.41, 5.74) is 0.687. The van der Waals surface area contributed by atoms with Crippen molar-refractivity contribution in [2.24, 2.45) is 0 Å². The molecule has 1 heterocycles. The van der Waals surface area contributed by atoms with E-state index in [1.165, 1.54) is 25.3 Å². The van der Waals surface area contributed by atoms with Gasteiger partial charge in [-0.1, -0.05) is 0 Å². The van der Waals surface area contributed by atoms with Crippen LogP contribution in [0.1, 0.15) is 6.92 Å². The molecule has 0 spiro atoms. The van der Waals surface area contributed by atoms with E-state index in [9.17, 15) is 18.0 Å². The van der Waals surface area contributed by atoms with Gasteiger partial charge in [-0.25, -0.2) is 13.2 Å². The molecular weight excluding hydrogens is 388 g/mol. The summed E-state index contributed by atoms with van der Waals surface area (Å²) in [5.74, 6) is -0.784. The molecule has 2 aromatic carbocycles. The number of hydrogen-bond acceptors (Lipinski definition) is 7. The SMILES string of the molecule is CCOc1ccc(NS(=O)(=O)c2ccc3c(c2)oc(=O)n3CC(=O)OC)cc1. The lowest BCUT2D eigenvalue weighted by Gasteiger charge is -2.09. The molecule has 0 unspecified atom stereocenters. The largest absolute Gasteiger partial charge is 0.494 e. The minimum Gasteiger partial charge on any atom is -0.494 e. The fourth-order valence-corrected chi connectivity index (χ4v) is 3.63. The molecule has 0 atom stereocenters. The first-order valence-electron chi connectivity index (χ1n) is 8.30. The molecule has 148 valence electrons. The smallest absolute Gasteiger partial charge is 0.420 e. The van der Waals surface area contributed by atoms with Gasteiger partial charge in [0, 0.05) is 11.8 Å². The molecule has 1 N–H and O–H groups in total. The summed E-state index contributed by atoms with van der Waals surface area (Å²) >= 11 is 0. The number of fused-ring (bicyclic) bond motifs is 1. The molecule has 9 nitrogen and oxygen atoms in total. The van der Waals surface area contributed by atoms with Crippen molar-refractivity contribution in [3.05, 3.63) is 53.0 Å². The molecule has 3 rings (SSSR count). The van der Waals surface area contributed by atoms with Crippen LogP contribution in [-0.4, -0.2) is 32.7 Å². The number of ether oxygens (including phenoxy) is 2. The number of nitrogens with zero attached hydrogens (tertiary/aromatic N) is 1. The van der Waals surface area contributed by atoms with Crippen LogP contribution in [0.3, 0.4) is 0 Å². The van der Waals surface area contributed by atoms with Crippen molar-refractivity contribution in [2.45, 2.75) is 18.4 Å². The molecule has 3 aromatic rings. The van der Waals surface area contributed by atoms with Gasteiger partial charge in [0.1, 0.15) is 12.3 Å². The summed E-state index contributed by atoms with van der Waals surface area (Å²) in [5, 5.41) is 0. The molecule has 0 aliphatic rings. The summed E-state index contributed by atoms with van der Waals surface area (Å²) in [4.78, 5) is 23.3. The van der Waals surface area contributed by atoms with E-state index in [4.69, 9.17) is 9.15 Å². The van der Waals surface area contributed by atoms with Crippen LogP contribution in [0.2, 0.25) is 0 Å². The molecule has 0 saturated carbocycles. The highest BCUT2D eigenvalue weighted by atomic mass is 32.2. The van der Waals surface area contributed by atoms with Crippen molar-refractivity contribution in [1.29, 1.82) is 0 Å². The van der Waals surface area contributed by atoms with Crippen molar-refractivity contribution in [3.8, 4) is 5.75 Å². The number of esters is 1. The summed E-state index contributed by atoms with van der Waals surface area (Å²) in [6.07, 6.45) is 0. The Kier molecular flexibility index (Phi) is 5.41. The van der Waals surface area contributed by atoms with Crippen LogP contribution in [0.5, 0.6) is 5.75 Å². The predicted molar refractivity (Wildman–Crippen MR) is 101 cm³/mol. The predicted octanol–water partition coefficient (Wildman–Crippen LogP) is 1.97. The van der Waals surface area contributed by atoms with Gasteiger partial charge in [-0.05, 0) is 43.3 Å². The standard InChI is InChI=1S/C18H18N2O7S/c1-3-26-13-6-4-12(5-7-13)19-28(23,24)14-8-9-15-16(10-14)27-18(22)20(15)11-17(21)25-2/h4-10,19H,3,11H2,1-2H3. The first-order valence-corrected chi connectivity index (χ1v) is 9.78. The van der Waals surface area contributed by atoms with E-state index in [2.05, 4.69) is 9.46 Å². The maximum absolute atomic E-state index is 12.6. The maximum atomic E-state index is 12.6. The van der Waals surface area contributed by atoms with E-state index in [1.807, 2.05) is 6.92 Å². The minimum atomic E-state index is -3.91. The maximum Gasteiger partial charge on any atom is 0.420 e. The Morgan fingerprint density at radius 3 is 2.54 bits per heavy atom. The summed E-state index contributed by atoms with van der Waals surface area (Å²) < 4.78 is 43.7. The number of anilines is 1. The normalized spacial score (nSPS) is 11.4. The highest BCUT2D eigenvalue weighted by molar-refractivity contribution is 7.92. The lowest BCUT2D eigenvalue weighted by Crippen LogP contribution is -2.20. The molecular formula is C18H18N2O7S. The minimum absolute atomic E-state index is 0.0449. The van der Waals surface area contributed by atoms with Crippen LogP contribution in [0.25, 0.3) is 11.1 Å². The van der Waals surface area contributed by atoms with Gasteiger partial charge in [0.05, 0.1) is 24.1 Å². The number of aromatic nitrogens is 1. The Morgan fingerprint density at radius 1 is 1.18 bits per heavy atom. The van der Waals surface area contributed by atoms with Crippen LogP contribution < -0.4 is 15.2 Å². The molecule has 0 fully saturated rings. The van der Waals surface area contributed by atoms with Crippen LogP contribution >= 0.6 is 0 Å². The zero-order chi connectivity index (χ0) is 20.3. The van der Waals surface area contributed by atoms with Gasteiger partial charge in [-0.3, -0.25) is 14.1 Å². The van der Waals surface area contributed by atoms with E-state index in [0.717, 1.165) is 4.57 Å². The average molecular weight is 406 g/mol. The highest BCUT2D eigenvalue weighted by Gasteiger charge is 2.19. The van der Waals surface area contributed by atoms with Crippen molar-refractivity contribution >= 4 is 32.8 Å². The zero-order valence-electron chi connectivity index (χ0n) is 15.2. The fraction of sp³-hybridized carbons (Fsp3) is 0.222. The molecule has 0 amide bonds. The Bertz CT molecular complexity index is 1160. The average Bonchev–Trinajstić information content (AvgIpc) is 2.98. The van der Waals surface area contributed by atoms with E-state index in [-0.39, 0.29) is 22.5 Å². The Balaban J connectivity index is 1.89. The molecule has 0 bridgehead atoms. The third-order valence-electron chi connectivity index (χ3n) is 3.88. The van der Waals surface area contributed by atoms with Crippen LogP contribution in [0.4, 0.5) is 5.69 Å². The van der Waals surface area contributed by atoms with Gasteiger partial charge in [-0.2, -0.15) is 0 Å². The second-order valence-electron chi connectivity index (χ2n) is 5.72. The second kappa shape index (κ2) is 7.77. The Labute approximate surface area is 160 Å². The van der Waals surface area contributed by atoms with Crippen molar-refractivity contribution in [3.63, 3.8) is 0 Å². The lowest BCUT2D eigenvalue weighted by molar-refractivity contribution is -0.141. The fourth-order valence-electron chi connectivity index (χ4n) is 2.56. The Morgan fingerprint density at radius 2 is 1.89 bits per heavy atom. The van der Waals surface area contributed by atoms with Crippen molar-refractivity contribution < 1.29 is 27.1 Å². The molecule has 10 heteroatoms. The van der Waals surface area contributed by atoms with Gasteiger partial charge in [0.25, 0.3) is 10.0 Å². The van der Waals surface area contributed by atoms with Gasteiger partial charge < -0.3 is 13.9 Å². The van der Waals surface area contributed by atoms with Gasteiger partial charge in [0.2, 0.25) is 0 Å². The molecule has 0 saturated heterocycles. The van der Waals surface area contributed by atoms with E-state index >= 15 is 0 Å². The molecule has 1 aromatic heterocycles. The molecule has 0 radical (unpaired) electrons. The third-order valence-corrected chi connectivity index (χ3v) is 5.26. The number of rotatable bonds is 7. The van der Waals surface area contributed by atoms with E-state index in [1.54, 1.807) is 24.3 Å². The van der Waals surface area contributed by atoms with Crippen LogP contribution in [0, 0.1) is 0 Å². The molecule has 0 aliphatic carbocycles. The van der Waals surface area contributed by atoms with Crippen LogP contribution in [0.15, 0.2) is 56.6 Å². The number of oxazole rings is 1. The first kappa shape index (κ1) is 19.5. The summed E-state index contributed by atoms with van der Waals surface area (Å²) in [6.45, 7) is 2.02. The summed E-state index contributed by atoms with van der Waals surface area (Å²) in [7, 11) is -2.71. The molecule has 28 heavy (non-hydrogen) atoms. The molecule has 0 aliphatic heterocycles. The third kappa shape index (κ3) is 4.01. The zero-order valence-corrected chi connectivity index (χ0v) is 16.0. The van der Waals surface area contributed by atoms with E-state index < -0.39 is 21.7 Å². The summed E-state index contributed by atoms with van der Waals surface area (Å²) in [6, 6.07) is 10.4. The topological polar surface area (TPSA) is 117 Å². The number of nitrogens with one attached hydrogen (secondary N) is 1. The number of benzene rings is 2. The van der Waals surface area contributed by atoms with Crippen molar-refractivity contribution in [2.75, 3.05) is 18.4 Å². The van der Waals surface area contributed by atoms with Crippen molar-refractivity contribution in [1.82, 2.24) is 4.57 Å². The Hall–Kier alpha value is -3.27. The van der Waals surface area contributed by atoms with Gasteiger partial charge in [0.15, 0.2) is 5.58 Å². The van der Waals surface area contributed by atoms with Gasteiger partial charge in [-0.15, -0.1) is 0 Å². The quantitative estimate of drug-likeness (QED) is 0.596. The number of hydrogen-bond donors (Lipinski definition) is 1. The number of carbonyl (C=O) groups is 1. The lowest BCUT2D eigenvalue weighted by atomic mass is 10.3. The number of sulfonamides is 1. The number of methoxy groups -OCH3 is 1.